The molecule has 6 heteroatoms. The van der Waals surface area contributed by atoms with Crippen molar-refractivity contribution in [2.75, 3.05) is 5.32 Å². The molecule has 0 spiro atoms. The molecule has 0 atom stereocenters. The number of halogens is 3. The van der Waals surface area contributed by atoms with Crippen LogP contribution in [0, 0.1) is 13.8 Å². The third-order valence-corrected chi connectivity index (χ3v) is 4.37. The molecule has 1 aliphatic rings. The Balaban J connectivity index is 2.21. The van der Waals surface area contributed by atoms with Gasteiger partial charge in [0, 0.05) is 0 Å². The summed E-state index contributed by atoms with van der Waals surface area (Å²) in [5.74, 6) is 0. The van der Waals surface area contributed by atoms with Gasteiger partial charge in [-0.05, 0) is 54.6 Å². The van der Waals surface area contributed by atoms with Crippen LogP contribution in [0.1, 0.15) is 16.0 Å². The maximum atomic E-state index is 13.2. The SMILES string of the molecule is Cc1cc2c(cc1C)NC(C(F)(F)F)=CC(c1cccs1)=N2. The molecule has 3 rings (SSSR count). The number of hydrogen-bond donors (Lipinski definition) is 1. The fraction of sp³-hybridized carbons (Fsp3) is 0.188. The first-order valence-electron chi connectivity index (χ1n) is 6.64. The van der Waals surface area contributed by atoms with E-state index in [2.05, 4.69) is 10.3 Å². The fourth-order valence-corrected chi connectivity index (χ4v) is 2.86. The number of rotatable bonds is 1. The zero-order valence-electron chi connectivity index (χ0n) is 12.0. The summed E-state index contributed by atoms with van der Waals surface area (Å²) in [7, 11) is 0. The van der Waals surface area contributed by atoms with Crippen molar-refractivity contribution in [1.29, 1.82) is 0 Å². The molecule has 0 saturated heterocycles. The lowest BCUT2D eigenvalue weighted by Crippen LogP contribution is -2.19. The van der Waals surface area contributed by atoms with Gasteiger partial charge < -0.3 is 5.32 Å². The van der Waals surface area contributed by atoms with Crippen LogP contribution in [0.5, 0.6) is 0 Å². The molecule has 1 aliphatic heterocycles. The molecule has 1 N–H and O–H groups in total. The highest BCUT2D eigenvalue weighted by Crippen LogP contribution is 2.37. The van der Waals surface area contributed by atoms with E-state index in [0.717, 1.165) is 17.2 Å². The minimum Gasteiger partial charge on any atom is -0.350 e. The first kappa shape index (κ1) is 14.8. The van der Waals surface area contributed by atoms with Crippen LogP contribution in [0.4, 0.5) is 24.5 Å². The quantitative estimate of drug-likeness (QED) is 0.751. The Labute approximate surface area is 130 Å². The number of nitrogens with one attached hydrogen (secondary N) is 1. The molecule has 0 fully saturated rings. The number of anilines is 1. The Kier molecular flexibility index (Phi) is 3.56. The van der Waals surface area contributed by atoms with Crippen molar-refractivity contribution in [3.63, 3.8) is 0 Å². The monoisotopic (exact) mass is 322 g/mol. The van der Waals surface area contributed by atoms with Gasteiger partial charge >= 0.3 is 6.18 Å². The topological polar surface area (TPSA) is 24.4 Å². The molecule has 114 valence electrons. The molecule has 2 heterocycles. The number of alkyl halides is 3. The summed E-state index contributed by atoms with van der Waals surface area (Å²) >= 11 is 1.36. The van der Waals surface area contributed by atoms with Gasteiger partial charge in [0.05, 0.1) is 22.0 Å². The van der Waals surface area contributed by atoms with E-state index in [0.29, 0.717) is 22.0 Å². The Bertz CT molecular complexity index is 771. The number of benzene rings is 1. The van der Waals surface area contributed by atoms with Gasteiger partial charge in [-0.1, -0.05) is 6.07 Å². The summed E-state index contributed by atoms with van der Waals surface area (Å²) in [5.41, 5.74) is 2.31. The van der Waals surface area contributed by atoms with Crippen LogP contribution in [-0.2, 0) is 0 Å². The normalized spacial score (nSPS) is 14.6. The summed E-state index contributed by atoms with van der Waals surface area (Å²) in [6, 6.07) is 7.06. The molecular weight excluding hydrogens is 309 g/mol. The smallest absolute Gasteiger partial charge is 0.350 e. The van der Waals surface area contributed by atoms with Crippen LogP contribution < -0.4 is 5.32 Å². The van der Waals surface area contributed by atoms with Crippen LogP contribution >= 0.6 is 11.3 Å². The predicted octanol–water partition coefficient (Wildman–Crippen LogP) is 5.36. The highest BCUT2D eigenvalue weighted by molar-refractivity contribution is 7.12. The third-order valence-electron chi connectivity index (χ3n) is 3.48. The number of allylic oxidation sites excluding steroid dienone is 2. The van der Waals surface area contributed by atoms with Crippen LogP contribution in [0.3, 0.4) is 0 Å². The Hall–Kier alpha value is -2.08. The van der Waals surface area contributed by atoms with E-state index in [4.69, 9.17) is 0 Å². The molecule has 0 aliphatic carbocycles. The Morgan fingerprint density at radius 2 is 1.86 bits per heavy atom. The predicted molar refractivity (Wildman–Crippen MR) is 84.2 cm³/mol. The maximum absolute atomic E-state index is 13.2. The average molecular weight is 322 g/mol. The van der Waals surface area contributed by atoms with Crippen LogP contribution in [0.15, 0.2) is 46.4 Å². The number of nitrogens with zero attached hydrogens (tertiary/aromatic N) is 1. The van der Waals surface area contributed by atoms with Crippen molar-refractivity contribution in [2.24, 2.45) is 4.99 Å². The lowest BCUT2D eigenvalue weighted by atomic mass is 10.1. The van der Waals surface area contributed by atoms with E-state index in [1.165, 1.54) is 11.3 Å². The van der Waals surface area contributed by atoms with Gasteiger partial charge in [0.15, 0.2) is 0 Å². The number of thiophene rings is 1. The standard InChI is InChI=1S/C16H13F3N2S/c1-9-6-11-12(7-10(9)2)21-15(16(17,18)19)8-13(20-11)14-4-3-5-22-14/h3-8,21H,1-2H3. The summed E-state index contributed by atoms with van der Waals surface area (Å²) < 4.78 is 39.7. The highest BCUT2D eigenvalue weighted by Gasteiger charge is 2.35. The van der Waals surface area contributed by atoms with Crippen LogP contribution in [-0.4, -0.2) is 11.9 Å². The number of hydrogen-bond acceptors (Lipinski definition) is 3. The molecule has 0 unspecified atom stereocenters. The second-order valence-electron chi connectivity index (χ2n) is 5.11. The van der Waals surface area contributed by atoms with E-state index in [1.54, 1.807) is 24.3 Å². The number of fused-ring (bicyclic) bond motifs is 1. The molecule has 2 nitrogen and oxygen atoms in total. The van der Waals surface area contributed by atoms with Gasteiger partial charge in [-0.2, -0.15) is 13.2 Å². The van der Waals surface area contributed by atoms with Crippen molar-refractivity contribution in [1.82, 2.24) is 0 Å². The second kappa shape index (κ2) is 5.28. The van der Waals surface area contributed by atoms with Gasteiger partial charge in [-0.15, -0.1) is 11.3 Å². The van der Waals surface area contributed by atoms with Crippen molar-refractivity contribution in [3.05, 3.63) is 57.4 Å². The van der Waals surface area contributed by atoms with Crippen molar-refractivity contribution in [3.8, 4) is 0 Å². The van der Waals surface area contributed by atoms with Crippen molar-refractivity contribution >= 4 is 28.4 Å². The van der Waals surface area contributed by atoms with Gasteiger partial charge in [-0.3, -0.25) is 0 Å². The molecule has 0 saturated carbocycles. The number of aryl methyl sites for hydroxylation is 2. The van der Waals surface area contributed by atoms with E-state index in [1.807, 2.05) is 19.2 Å². The largest absolute Gasteiger partial charge is 0.431 e. The van der Waals surface area contributed by atoms with Crippen LogP contribution in [0.25, 0.3) is 0 Å². The first-order chi connectivity index (χ1) is 10.3. The minimum atomic E-state index is -4.46. The third kappa shape index (κ3) is 2.78. The maximum Gasteiger partial charge on any atom is 0.431 e. The van der Waals surface area contributed by atoms with E-state index in [-0.39, 0.29) is 0 Å². The zero-order chi connectivity index (χ0) is 15.9. The average Bonchev–Trinajstić information content (AvgIpc) is 2.88. The molecule has 2 aromatic rings. The number of aliphatic imine (C=N–C) groups is 1. The summed E-state index contributed by atoms with van der Waals surface area (Å²) in [4.78, 5) is 5.14. The Morgan fingerprint density at radius 1 is 1.14 bits per heavy atom. The molecule has 0 radical (unpaired) electrons. The zero-order valence-corrected chi connectivity index (χ0v) is 12.8. The highest BCUT2D eigenvalue weighted by atomic mass is 32.1. The molecule has 0 amide bonds. The lowest BCUT2D eigenvalue weighted by molar-refractivity contribution is -0.0901. The van der Waals surface area contributed by atoms with Crippen LogP contribution in [0.2, 0.25) is 0 Å². The van der Waals surface area contributed by atoms with Gasteiger partial charge in [0.25, 0.3) is 0 Å². The van der Waals surface area contributed by atoms with E-state index >= 15 is 0 Å². The Morgan fingerprint density at radius 3 is 2.50 bits per heavy atom. The first-order valence-corrected chi connectivity index (χ1v) is 7.52. The molecule has 1 aromatic carbocycles. The summed E-state index contributed by atoms with van der Waals surface area (Å²) in [5, 5.41) is 4.30. The minimum absolute atomic E-state index is 0.317. The summed E-state index contributed by atoms with van der Waals surface area (Å²) in [6.07, 6.45) is -3.39. The van der Waals surface area contributed by atoms with Crippen molar-refractivity contribution in [2.45, 2.75) is 20.0 Å². The van der Waals surface area contributed by atoms with Crippen molar-refractivity contribution < 1.29 is 13.2 Å². The van der Waals surface area contributed by atoms with Gasteiger partial charge in [0.2, 0.25) is 0 Å². The summed E-state index contributed by atoms with van der Waals surface area (Å²) in [6.45, 7) is 3.78. The molecule has 1 aromatic heterocycles. The molecule has 22 heavy (non-hydrogen) atoms. The second-order valence-corrected chi connectivity index (χ2v) is 6.06. The van der Waals surface area contributed by atoms with E-state index in [9.17, 15) is 13.2 Å². The van der Waals surface area contributed by atoms with Gasteiger partial charge in [0.1, 0.15) is 5.70 Å². The molecular formula is C16H13F3N2S. The molecule has 0 bridgehead atoms. The van der Waals surface area contributed by atoms with E-state index < -0.39 is 11.9 Å². The van der Waals surface area contributed by atoms with Gasteiger partial charge in [-0.25, -0.2) is 4.99 Å². The lowest BCUT2D eigenvalue weighted by Gasteiger charge is -2.15. The fourth-order valence-electron chi connectivity index (χ4n) is 2.18.